The van der Waals surface area contributed by atoms with Crippen LogP contribution in [0, 0.1) is 12.8 Å². The van der Waals surface area contributed by atoms with Crippen molar-refractivity contribution >= 4 is 29.0 Å². The van der Waals surface area contributed by atoms with Gasteiger partial charge in [0.15, 0.2) is 4.80 Å². The number of para-hydroxylation sites is 2. The average molecular weight is 486 g/mol. The number of anilines is 1. The van der Waals surface area contributed by atoms with Crippen molar-refractivity contribution in [3.05, 3.63) is 97.3 Å². The lowest BCUT2D eigenvalue weighted by atomic mass is 9.80. The zero-order valence-electron chi connectivity index (χ0n) is 19.4. The van der Waals surface area contributed by atoms with Crippen LogP contribution in [0.15, 0.2) is 70.6 Å². The number of ether oxygens (including phenoxy) is 1. The van der Waals surface area contributed by atoms with Gasteiger partial charge in [0.05, 0.1) is 16.8 Å². The van der Waals surface area contributed by atoms with Crippen LogP contribution in [0.25, 0.3) is 6.08 Å². The van der Waals surface area contributed by atoms with Crippen LogP contribution in [-0.4, -0.2) is 26.0 Å². The highest BCUT2D eigenvalue weighted by Crippen LogP contribution is 2.47. The standard InChI is InChI=1S/C26H23N5O3S/c1-15-16(14-27-30(15)3)13-20-24(33)31-22-18-11-7-8-12-19(18)34-26(2,29-25(31)35-20)21(22)23(32)28-17-9-5-4-6-10-17/h4-14,21-22H,1-3H3,(H,28,32)/b20-13-/t21-,22-,26+/m0/s1. The zero-order chi connectivity index (χ0) is 24.3. The Balaban J connectivity index is 1.55. The molecular weight excluding hydrogens is 462 g/mol. The van der Waals surface area contributed by atoms with Gasteiger partial charge in [0.2, 0.25) is 11.6 Å². The lowest BCUT2D eigenvalue weighted by Crippen LogP contribution is -2.59. The van der Waals surface area contributed by atoms with E-state index in [2.05, 4.69) is 10.4 Å². The van der Waals surface area contributed by atoms with Gasteiger partial charge >= 0.3 is 0 Å². The fourth-order valence-electron chi connectivity index (χ4n) is 4.88. The molecule has 4 heterocycles. The number of benzene rings is 2. The molecule has 6 rings (SSSR count). The summed E-state index contributed by atoms with van der Waals surface area (Å²) in [5.41, 5.74) is 1.94. The molecule has 0 fully saturated rings. The van der Waals surface area contributed by atoms with Crippen LogP contribution >= 0.6 is 11.3 Å². The van der Waals surface area contributed by atoms with Crippen LogP contribution in [0.1, 0.15) is 29.8 Å². The first-order chi connectivity index (χ1) is 16.9. The molecule has 8 nitrogen and oxygen atoms in total. The summed E-state index contributed by atoms with van der Waals surface area (Å²) < 4.78 is 10.3. The fourth-order valence-corrected chi connectivity index (χ4v) is 5.97. The van der Waals surface area contributed by atoms with E-state index in [1.54, 1.807) is 15.4 Å². The normalized spacial score (nSPS) is 22.5. The first kappa shape index (κ1) is 21.5. The number of carbonyl (C=O) groups is 1. The molecule has 4 aromatic rings. The van der Waals surface area contributed by atoms with E-state index in [0.29, 0.717) is 20.8 Å². The number of carbonyl (C=O) groups excluding carboxylic acids is 1. The van der Waals surface area contributed by atoms with Crippen LogP contribution in [0.4, 0.5) is 5.69 Å². The number of hydrogen-bond donors (Lipinski definition) is 1. The quantitative estimate of drug-likeness (QED) is 0.482. The molecule has 2 aliphatic rings. The molecule has 0 aliphatic carbocycles. The number of thiazole rings is 1. The van der Waals surface area contributed by atoms with Crippen LogP contribution in [-0.2, 0) is 11.8 Å². The molecule has 1 N–H and O–H groups in total. The lowest BCUT2D eigenvalue weighted by Gasteiger charge is -2.45. The minimum Gasteiger partial charge on any atom is -0.465 e. The third kappa shape index (κ3) is 3.34. The van der Waals surface area contributed by atoms with E-state index in [1.807, 2.05) is 81.6 Å². The summed E-state index contributed by atoms with van der Waals surface area (Å²) >= 11 is 1.30. The SMILES string of the molecule is Cc1c(/C=c2\sc3n(c2=O)[C@H]2c4ccccc4O[C@@](C)(N=3)[C@@H]2C(=O)Nc2ccccc2)cnn1C. The molecular formula is C26H23N5O3S. The van der Waals surface area contributed by atoms with Crippen molar-refractivity contribution in [1.82, 2.24) is 14.3 Å². The molecule has 2 aromatic carbocycles. The molecule has 2 aliphatic heterocycles. The van der Waals surface area contributed by atoms with E-state index < -0.39 is 17.7 Å². The van der Waals surface area contributed by atoms with Gasteiger partial charge in [-0.3, -0.25) is 18.8 Å². The Hall–Kier alpha value is -3.98. The molecule has 176 valence electrons. The van der Waals surface area contributed by atoms with E-state index in [9.17, 15) is 9.59 Å². The Kier molecular flexibility index (Phi) is 4.79. The molecule has 0 saturated heterocycles. The highest BCUT2D eigenvalue weighted by molar-refractivity contribution is 7.07. The largest absolute Gasteiger partial charge is 0.465 e. The van der Waals surface area contributed by atoms with Gasteiger partial charge < -0.3 is 10.1 Å². The summed E-state index contributed by atoms with van der Waals surface area (Å²) in [5, 5.41) is 7.27. The number of rotatable bonds is 3. The Morgan fingerprint density at radius 2 is 1.91 bits per heavy atom. The smallest absolute Gasteiger partial charge is 0.270 e. The van der Waals surface area contributed by atoms with Crippen LogP contribution in [0.2, 0.25) is 0 Å². The van der Waals surface area contributed by atoms with E-state index in [4.69, 9.17) is 9.73 Å². The van der Waals surface area contributed by atoms with Crippen LogP contribution < -0.4 is 24.9 Å². The molecule has 1 amide bonds. The highest BCUT2D eigenvalue weighted by Gasteiger charge is 2.55. The number of nitrogens with zero attached hydrogens (tertiary/aromatic N) is 4. The van der Waals surface area contributed by atoms with Gasteiger partial charge in [0, 0.05) is 29.6 Å². The maximum absolute atomic E-state index is 13.8. The number of hydrogen-bond acceptors (Lipinski definition) is 6. The van der Waals surface area contributed by atoms with Crippen molar-refractivity contribution in [1.29, 1.82) is 0 Å². The molecule has 0 unspecified atom stereocenters. The van der Waals surface area contributed by atoms with Crippen molar-refractivity contribution in [2.45, 2.75) is 25.6 Å². The predicted octanol–water partition coefficient (Wildman–Crippen LogP) is 2.37. The molecule has 9 heteroatoms. The topological polar surface area (TPSA) is 90.5 Å². The average Bonchev–Trinajstić information content (AvgIpc) is 3.31. The Morgan fingerprint density at radius 1 is 1.17 bits per heavy atom. The third-order valence-electron chi connectivity index (χ3n) is 6.76. The van der Waals surface area contributed by atoms with Gasteiger partial charge in [0.25, 0.3) is 5.56 Å². The second-order valence-electron chi connectivity index (χ2n) is 8.96. The van der Waals surface area contributed by atoms with E-state index in [1.165, 1.54) is 11.3 Å². The summed E-state index contributed by atoms with van der Waals surface area (Å²) in [6, 6.07) is 16.3. The highest BCUT2D eigenvalue weighted by atomic mass is 32.1. The maximum atomic E-state index is 13.8. The summed E-state index contributed by atoms with van der Waals surface area (Å²) in [6.07, 6.45) is 3.58. The monoisotopic (exact) mass is 485 g/mol. The lowest BCUT2D eigenvalue weighted by molar-refractivity contribution is -0.131. The molecule has 0 radical (unpaired) electrons. The van der Waals surface area contributed by atoms with Crippen molar-refractivity contribution in [3.63, 3.8) is 0 Å². The predicted molar refractivity (Wildman–Crippen MR) is 133 cm³/mol. The zero-order valence-corrected chi connectivity index (χ0v) is 20.2. The minimum absolute atomic E-state index is 0.182. The van der Waals surface area contributed by atoms with E-state index in [0.717, 1.165) is 16.8 Å². The second-order valence-corrected chi connectivity index (χ2v) is 9.97. The summed E-state index contributed by atoms with van der Waals surface area (Å²) in [6.45, 7) is 3.77. The molecule has 2 aromatic heterocycles. The fraction of sp³-hybridized carbons (Fsp3) is 0.231. The summed E-state index contributed by atoms with van der Waals surface area (Å²) in [5.74, 6) is -0.366. The number of amides is 1. The molecule has 3 atom stereocenters. The van der Waals surface area contributed by atoms with Gasteiger partial charge in [-0.15, -0.1) is 0 Å². The second kappa shape index (κ2) is 7.78. The van der Waals surface area contributed by atoms with Crippen LogP contribution in [0.5, 0.6) is 5.75 Å². The minimum atomic E-state index is -1.17. The number of aryl methyl sites for hydroxylation is 1. The van der Waals surface area contributed by atoms with Gasteiger partial charge in [-0.05, 0) is 38.1 Å². The van der Waals surface area contributed by atoms with E-state index >= 15 is 0 Å². The Labute approximate surface area is 204 Å². The Morgan fingerprint density at radius 3 is 2.66 bits per heavy atom. The van der Waals surface area contributed by atoms with Crippen LogP contribution in [0.3, 0.4) is 0 Å². The molecule has 0 saturated carbocycles. The first-order valence-corrected chi connectivity index (χ1v) is 12.1. The van der Waals surface area contributed by atoms with E-state index in [-0.39, 0.29) is 11.5 Å². The number of fused-ring (bicyclic) bond motifs is 6. The summed E-state index contributed by atoms with van der Waals surface area (Å²) in [7, 11) is 1.86. The van der Waals surface area contributed by atoms with Gasteiger partial charge in [-0.25, -0.2) is 4.99 Å². The molecule has 2 bridgehead atoms. The number of aromatic nitrogens is 3. The molecule has 35 heavy (non-hydrogen) atoms. The van der Waals surface area contributed by atoms with Crippen molar-refractivity contribution in [3.8, 4) is 5.75 Å². The van der Waals surface area contributed by atoms with Gasteiger partial charge in [0.1, 0.15) is 11.7 Å². The molecule has 0 spiro atoms. The van der Waals surface area contributed by atoms with Crippen molar-refractivity contribution < 1.29 is 9.53 Å². The van der Waals surface area contributed by atoms with Crippen molar-refractivity contribution in [2.75, 3.05) is 5.32 Å². The first-order valence-electron chi connectivity index (χ1n) is 11.3. The third-order valence-corrected chi connectivity index (χ3v) is 7.75. The number of nitrogens with one attached hydrogen (secondary N) is 1. The van der Waals surface area contributed by atoms with Gasteiger partial charge in [-0.1, -0.05) is 47.7 Å². The van der Waals surface area contributed by atoms with Crippen molar-refractivity contribution in [2.24, 2.45) is 18.0 Å². The van der Waals surface area contributed by atoms with Gasteiger partial charge in [-0.2, -0.15) is 5.10 Å². The Bertz CT molecular complexity index is 1650. The summed E-state index contributed by atoms with van der Waals surface area (Å²) in [4.78, 5) is 32.8. The maximum Gasteiger partial charge on any atom is 0.270 e.